The highest BCUT2D eigenvalue weighted by Gasteiger charge is 2.10. The quantitative estimate of drug-likeness (QED) is 0.747. The smallest absolute Gasteiger partial charge is 0.227 e. The highest BCUT2D eigenvalue weighted by Crippen LogP contribution is 2.19. The third kappa shape index (κ3) is 4.03. The van der Waals surface area contributed by atoms with E-state index in [-0.39, 0.29) is 12.3 Å². The molecule has 0 saturated heterocycles. The number of carbonyl (C=O) groups is 1. The first kappa shape index (κ1) is 15.0. The second-order valence-corrected chi connectivity index (χ2v) is 5.05. The van der Waals surface area contributed by atoms with Gasteiger partial charge >= 0.3 is 0 Å². The molecule has 2 aromatic heterocycles. The van der Waals surface area contributed by atoms with Gasteiger partial charge in [0.15, 0.2) is 11.6 Å². The Bertz CT molecular complexity index is 779. The molecule has 2 heterocycles. The molecule has 7 nitrogen and oxygen atoms in total. The molecule has 0 bridgehead atoms. The summed E-state index contributed by atoms with van der Waals surface area (Å²) in [6.07, 6.45) is 0.693. The SMILES string of the molecule is Cc1nc(CC(=O)NCCc2cc(-c3ccccc3)on2)no1. The van der Waals surface area contributed by atoms with Gasteiger partial charge in [0.1, 0.15) is 0 Å². The lowest BCUT2D eigenvalue weighted by Gasteiger charge is -2.00. The topological polar surface area (TPSA) is 94.1 Å². The molecule has 0 atom stereocenters. The summed E-state index contributed by atoms with van der Waals surface area (Å²) in [5, 5.41) is 10.5. The van der Waals surface area contributed by atoms with E-state index in [2.05, 4.69) is 20.6 Å². The summed E-state index contributed by atoms with van der Waals surface area (Å²) >= 11 is 0. The van der Waals surface area contributed by atoms with Crippen molar-refractivity contribution in [3.63, 3.8) is 0 Å². The van der Waals surface area contributed by atoms with Gasteiger partial charge in [-0.15, -0.1) is 0 Å². The van der Waals surface area contributed by atoms with E-state index < -0.39 is 0 Å². The maximum atomic E-state index is 11.8. The summed E-state index contributed by atoms with van der Waals surface area (Å²) in [6, 6.07) is 11.6. The van der Waals surface area contributed by atoms with Crippen molar-refractivity contribution in [1.29, 1.82) is 0 Å². The summed E-state index contributed by atoms with van der Waals surface area (Å²) in [5.74, 6) is 1.39. The van der Waals surface area contributed by atoms with Gasteiger partial charge in [-0.2, -0.15) is 4.98 Å². The van der Waals surface area contributed by atoms with Crippen LogP contribution in [0, 0.1) is 6.92 Å². The van der Waals surface area contributed by atoms with Crippen molar-refractivity contribution in [2.24, 2.45) is 0 Å². The number of benzene rings is 1. The fourth-order valence-electron chi connectivity index (χ4n) is 2.12. The van der Waals surface area contributed by atoms with Crippen molar-refractivity contribution < 1.29 is 13.8 Å². The van der Waals surface area contributed by atoms with E-state index >= 15 is 0 Å². The van der Waals surface area contributed by atoms with Crippen molar-refractivity contribution in [3.8, 4) is 11.3 Å². The predicted octanol–water partition coefficient (Wildman–Crippen LogP) is 1.93. The zero-order valence-corrected chi connectivity index (χ0v) is 12.7. The Morgan fingerprint density at radius 1 is 1.17 bits per heavy atom. The van der Waals surface area contributed by atoms with Gasteiger partial charge in [-0.05, 0) is 0 Å². The molecule has 0 aliphatic heterocycles. The van der Waals surface area contributed by atoms with Crippen LogP contribution in [0.15, 0.2) is 45.4 Å². The lowest BCUT2D eigenvalue weighted by atomic mass is 10.1. The summed E-state index contributed by atoms with van der Waals surface area (Å²) in [4.78, 5) is 15.7. The minimum atomic E-state index is -0.155. The minimum absolute atomic E-state index is 0.103. The number of rotatable bonds is 6. The fraction of sp³-hybridized carbons (Fsp3) is 0.250. The Morgan fingerprint density at radius 3 is 2.74 bits per heavy atom. The highest BCUT2D eigenvalue weighted by atomic mass is 16.5. The number of carbonyl (C=O) groups excluding carboxylic acids is 1. The Kier molecular flexibility index (Phi) is 4.46. The molecule has 7 heteroatoms. The number of aryl methyl sites for hydroxylation is 1. The molecule has 0 saturated carbocycles. The van der Waals surface area contributed by atoms with Crippen molar-refractivity contribution in [2.45, 2.75) is 19.8 Å². The monoisotopic (exact) mass is 312 g/mol. The first-order valence-corrected chi connectivity index (χ1v) is 7.27. The Balaban J connectivity index is 1.47. The predicted molar refractivity (Wildman–Crippen MR) is 81.4 cm³/mol. The van der Waals surface area contributed by atoms with Crippen molar-refractivity contribution in [2.75, 3.05) is 6.54 Å². The Hall–Kier alpha value is -2.96. The highest BCUT2D eigenvalue weighted by molar-refractivity contribution is 5.77. The molecular formula is C16H16N4O3. The van der Waals surface area contributed by atoms with Crippen LogP contribution in [0.4, 0.5) is 0 Å². The molecule has 0 spiro atoms. The lowest BCUT2D eigenvalue weighted by Crippen LogP contribution is -2.27. The van der Waals surface area contributed by atoms with Gasteiger partial charge in [-0.1, -0.05) is 40.6 Å². The van der Waals surface area contributed by atoms with Crippen LogP contribution >= 0.6 is 0 Å². The number of hydrogen-bond donors (Lipinski definition) is 1. The molecule has 1 aromatic carbocycles. The maximum Gasteiger partial charge on any atom is 0.227 e. The molecule has 3 rings (SSSR count). The molecule has 1 N–H and O–H groups in total. The van der Waals surface area contributed by atoms with Crippen LogP contribution in [0.1, 0.15) is 17.4 Å². The van der Waals surface area contributed by atoms with E-state index in [1.54, 1.807) is 6.92 Å². The molecule has 0 fully saturated rings. The molecule has 118 valence electrons. The van der Waals surface area contributed by atoms with E-state index in [1.807, 2.05) is 36.4 Å². The number of aromatic nitrogens is 3. The van der Waals surface area contributed by atoms with Gasteiger partial charge in [-0.25, -0.2) is 0 Å². The summed E-state index contributed by atoms with van der Waals surface area (Å²) in [7, 11) is 0. The number of nitrogens with zero attached hydrogens (tertiary/aromatic N) is 3. The second kappa shape index (κ2) is 6.87. The lowest BCUT2D eigenvalue weighted by molar-refractivity contribution is -0.120. The zero-order valence-electron chi connectivity index (χ0n) is 12.7. The first-order chi connectivity index (χ1) is 11.2. The minimum Gasteiger partial charge on any atom is -0.356 e. The van der Waals surface area contributed by atoms with Crippen molar-refractivity contribution >= 4 is 5.91 Å². The summed E-state index contributed by atoms with van der Waals surface area (Å²) in [5.41, 5.74) is 1.77. The van der Waals surface area contributed by atoms with Gasteiger partial charge < -0.3 is 14.4 Å². The fourth-order valence-corrected chi connectivity index (χ4v) is 2.12. The Morgan fingerprint density at radius 2 is 2.00 bits per heavy atom. The molecular weight excluding hydrogens is 296 g/mol. The summed E-state index contributed by atoms with van der Waals surface area (Å²) < 4.78 is 10.1. The molecule has 0 aliphatic rings. The van der Waals surface area contributed by atoms with Gasteiger partial charge in [0.2, 0.25) is 11.8 Å². The first-order valence-electron chi connectivity index (χ1n) is 7.27. The number of hydrogen-bond acceptors (Lipinski definition) is 6. The normalized spacial score (nSPS) is 10.7. The third-order valence-corrected chi connectivity index (χ3v) is 3.21. The van der Waals surface area contributed by atoms with Crippen molar-refractivity contribution in [3.05, 3.63) is 53.8 Å². The van der Waals surface area contributed by atoms with E-state index in [4.69, 9.17) is 9.05 Å². The zero-order chi connectivity index (χ0) is 16.1. The molecule has 0 aliphatic carbocycles. The molecule has 1 amide bonds. The van der Waals surface area contributed by atoms with Gasteiger partial charge in [0.05, 0.1) is 12.1 Å². The molecule has 23 heavy (non-hydrogen) atoms. The maximum absolute atomic E-state index is 11.8. The third-order valence-electron chi connectivity index (χ3n) is 3.21. The van der Waals surface area contributed by atoms with Gasteiger partial charge in [-0.3, -0.25) is 4.79 Å². The van der Waals surface area contributed by atoms with E-state index in [1.165, 1.54) is 0 Å². The number of amides is 1. The van der Waals surface area contributed by atoms with E-state index in [0.717, 1.165) is 11.3 Å². The standard InChI is InChI=1S/C16H16N4O3/c1-11-18-15(20-22-11)10-16(21)17-8-7-13-9-14(23-19-13)12-5-3-2-4-6-12/h2-6,9H,7-8,10H2,1H3,(H,17,21). The number of nitrogens with one attached hydrogen (secondary N) is 1. The van der Waals surface area contributed by atoms with Crippen LogP contribution < -0.4 is 5.32 Å². The van der Waals surface area contributed by atoms with Crippen LogP contribution in [-0.2, 0) is 17.6 Å². The van der Waals surface area contributed by atoms with Gasteiger partial charge in [0.25, 0.3) is 0 Å². The van der Waals surface area contributed by atoms with Crippen LogP contribution in [0.25, 0.3) is 11.3 Å². The average molecular weight is 312 g/mol. The largest absolute Gasteiger partial charge is 0.356 e. The molecule has 0 radical (unpaired) electrons. The average Bonchev–Trinajstić information content (AvgIpc) is 3.17. The van der Waals surface area contributed by atoms with Crippen LogP contribution in [0.5, 0.6) is 0 Å². The van der Waals surface area contributed by atoms with Crippen LogP contribution in [0.2, 0.25) is 0 Å². The molecule has 0 unspecified atom stereocenters. The second-order valence-electron chi connectivity index (χ2n) is 5.05. The van der Waals surface area contributed by atoms with Crippen molar-refractivity contribution in [1.82, 2.24) is 20.6 Å². The van der Waals surface area contributed by atoms with E-state index in [9.17, 15) is 4.79 Å². The van der Waals surface area contributed by atoms with Crippen LogP contribution in [-0.4, -0.2) is 27.7 Å². The van der Waals surface area contributed by atoms with E-state index in [0.29, 0.717) is 30.4 Å². The summed E-state index contributed by atoms with van der Waals surface area (Å²) in [6.45, 7) is 2.15. The molecule has 3 aromatic rings. The van der Waals surface area contributed by atoms with Crippen LogP contribution in [0.3, 0.4) is 0 Å². The Labute approximate surface area is 132 Å². The van der Waals surface area contributed by atoms with Gasteiger partial charge in [0, 0.05) is 31.5 Å².